The molecule has 1 saturated heterocycles. The highest BCUT2D eigenvalue weighted by atomic mass is 32.2. The summed E-state index contributed by atoms with van der Waals surface area (Å²) in [6.07, 6.45) is 4.20. The quantitative estimate of drug-likeness (QED) is 0.459. The Morgan fingerprint density at radius 1 is 1.43 bits per heavy atom. The number of sulfone groups is 1. The number of thioether (sulfide) groups is 1. The second-order valence-corrected chi connectivity index (χ2v) is 10.2. The van der Waals surface area contributed by atoms with E-state index in [4.69, 9.17) is 0 Å². The molecule has 1 atom stereocenters. The molecule has 0 saturated carbocycles. The van der Waals surface area contributed by atoms with Crippen molar-refractivity contribution in [1.82, 2.24) is 14.5 Å². The molecule has 2 heterocycles. The average Bonchev–Trinajstić information content (AvgIpc) is 3.21. The first kappa shape index (κ1) is 20.9. The van der Waals surface area contributed by atoms with Crippen molar-refractivity contribution in [1.29, 1.82) is 0 Å². The largest absolute Gasteiger partial charge is 0.338 e. The summed E-state index contributed by atoms with van der Waals surface area (Å²) in [4.78, 5) is 19.4. The van der Waals surface area contributed by atoms with Gasteiger partial charge in [-0.1, -0.05) is 43.3 Å². The molecule has 8 heteroatoms. The molecule has 1 unspecified atom stereocenters. The summed E-state index contributed by atoms with van der Waals surface area (Å²) in [6.45, 7) is 7.12. The number of allylic oxidation sites excluding steroid dienone is 1. The van der Waals surface area contributed by atoms with E-state index in [9.17, 15) is 13.2 Å². The number of carbonyl (C=O) groups excluding carboxylic acids is 1. The molecular weight excluding hydrogens is 394 g/mol. The number of unbranched alkanes of at least 4 members (excludes halogenated alkanes) is 1. The van der Waals surface area contributed by atoms with E-state index in [1.165, 1.54) is 11.8 Å². The van der Waals surface area contributed by atoms with Crippen LogP contribution in [0.1, 0.15) is 26.2 Å². The van der Waals surface area contributed by atoms with Crippen LogP contribution in [0.5, 0.6) is 0 Å². The SMILES string of the molecule is C=CCn1c(SCC(=O)N(CCCC)C2CCS(=O)(=O)C2)nc2ccccc21. The third-order valence-corrected chi connectivity index (χ3v) is 7.69. The number of para-hydroxylation sites is 2. The Bertz CT molecular complexity index is 953. The van der Waals surface area contributed by atoms with Crippen molar-refractivity contribution in [3.05, 3.63) is 36.9 Å². The first-order chi connectivity index (χ1) is 13.4. The second-order valence-electron chi connectivity index (χ2n) is 7.07. The number of imidazole rings is 1. The summed E-state index contributed by atoms with van der Waals surface area (Å²) < 4.78 is 25.8. The maximum Gasteiger partial charge on any atom is 0.233 e. The molecule has 6 nitrogen and oxygen atoms in total. The highest BCUT2D eigenvalue weighted by molar-refractivity contribution is 7.99. The van der Waals surface area contributed by atoms with Gasteiger partial charge in [0.1, 0.15) is 0 Å². The van der Waals surface area contributed by atoms with Crippen LogP contribution in [0.15, 0.2) is 42.1 Å². The zero-order chi connectivity index (χ0) is 20.1. The Hall–Kier alpha value is -1.80. The van der Waals surface area contributed by atoms with Gasteiger partial charge in [0.15, 0.2) is 15.0 Å². The van der Waals surface area contributed by atoms with Gasteiger partial charge in [-0.25, -0.2) is 13.4 Å². The zero-order valence-electron chi connectivity index (χ0n) is 16.2. The van der Waals surface area contributed by atoms with Crippen molar-refractivity contribution >= 4 is 38.5 Å². The molecule has 1 aliphatic rings. The minimum atomic E-state index is -3.03. The lowest BCUT2D eigenvalue weighted by molar-refractivity contribution is -0.130. The second kappa shape index (κ2) is 9.13. The van der Waals surface area contributed by atoms with Gasteiger partial charge in [-0.15, -0.1) is 6.58 Å². The topological polar surface area (TPSA) is 72.3 Å². The van der Waals surface area contributed by atoms with Crippen LogP contribution in [-0.2, 0) is 21.2 Å². The van der Waals surface area contributed by atoms with E-state index >= 15 is 0 Å². The Kier molecular flexibility index (Phi) is 6.82. The predicted octanol–water partition coefficient (Wildman–Crippen LogP) is 3.13. The lowest BCUT2D eigenvalue weighted by Gasteiger charge is -2.28. The van der Waals surface area contributed by atoms with Gasteiger partial charge in [-0.2, -0.15) is 0 Å². The summed E-state index contributed by atoms with van der Waals surface area (Å²) >= 11 is 1.40. The fourth-order valence-electron chi connectivity index (χ4n) is 3.54. The highest BCUT2D eigenvalue weighted by Gasteiger charge is 2.34. The van der Waals surface area contributed by atoms with E-state index < -0.39 is 9.84 Å². The van der Waals surface area contributed by atoms with Crippen LogP contribution in [0.25, 0.3) is 11.0 Å². The summed E-state index contributed by atoms with van der Waals surface area (Å²) in [6, 6.07) is 7.68. The van der Waals surface area contributed by atoms with Gasteiger partial charge < -0.3 is 9.47 Å². The third-order valence-electron chi connectivity index (χ3n) is 4.98. The summed E-state index contributed by atoms with van der Waals surface area (Å²) in [7, 11) is -3.03. The van der Waals surface area contributed by atoms with Crippen LogP contribution in [0, 0.1) is 0 Å². The smallest absolute Gasteiger partial charge is 0.233 e. The van der Waals surface area contributed by atoms with E-state index in [0.717, 1.165) is 29.0 Å². The van der Waals surface area contributed by atoms with Crippen molar-refractivity contribution in [2.45, 2.75) is 43.9 Å². The van der Waals surface area contributed by atoms with E-state index in [1.54, 1.807) is 4.90 Å². The fraction of sp³-hybridized carbons (Fsp3) is 0.500. The number of fused-ring (bicyclic) bond motifs is 1. The van der Waals surface area contributed by atoms with Crippen LogP contribution in [0.4, 0.5) is 0 Å². The number of rotatable bonds is 9. The molecule has 1 amide bonds. The Labute approximate surface area is 170 Å². The van der Waals surface area contributed by atoms with Gasteiger partial charge in [0.2, 0.25) is 5.91 Å². The standard InChI is InChI=1S/C20H27N3O3S2/c1-3-5-12-22(16-10-13-28(25,26)15-16)19(24)14-27-20-21-17-8-6-7-9-18(17)23(20)11-4-2/h4,6-9,16H,2-3,5,10-15H2,1H3. The molecule has 1 fully saturated rings. The molecule has 0 N–H and O–H groups in total. The minimum absolute atomic E-state index is 0.0160. The van der Waals surface area contributed by atoms with Crippen LogP contribution in [-0.4, -0.2) is 58.6 Å². The van der Waals surface area contributed by atoms with Crippen LogP contribution < -0.4 is 0 Å². The van der Waals surface area contributed by atoms with E-state index in [0.29, 0.717) is 19.5 Å². The van der Waals surface area contributed by atoms with Crippen molar-refractivity contribution < 1.29 is 13.2 Å². The molecule has 0 spiro atoms. The molecule has 3 rings (SSSR count). The normalized spacial score (nSPS) is 18.4. The van der Waals surface area contributed by atoms with E-state index in [2.05, 4.69) is 23.1 Å². The number of aromatic nitrogens is 2. The van der Waals surface area contributed by atoms with E-state index in [1.807, 2.05) is 30.3 Å². The van der Waals surface area contributed by atoms with Crippen LogP contribution >= 0.6 is 11.8 Å². The number of hydrogen-bond donors (Lipinski definition) is 0. The summed E-state index contributed by atoms with van der Waals surface area (Å²) in [5.41, 5.74) is 1.91. The lowest BCUT2D eigenvalue weighted by atomic mass is 10.2. The van der Waals surface area contributed by atoms with Crippen molar-refractivity contribution in [2.24, 2.45) is 0 Å². The van der Waals surface area contributed by atoms with Crippen molar-refractivity contribution in [3.63, 3.8) is 0 Å². The maximum absolute atomic E-state index is 13.0. The van der Waals surface area contributed by atoms with Gasteiger partial charge in [-0.05, 0) is 25.0 Å². The van der Waals surface area contributed by atoms with Crippen molar-refractivity contribution in [2.75, 3.05) is 23.8 Å². The van der Waals surface area contributed by atoms with Gasteiger partial charge >= 0.3 is 0 Å². The summed E-state index contributed by atoms with van der Waals surface area (Å²) in [5, 5.41) is 0.781. The third kappa shape index (κ3) is 4.78. The van der Waals surface area contributed by atoms with E-state index in [-0.39, 0.29) is 29.2 Å². The Morgan fingerprint density at radius 2 is 2.21 bits per heavy atom. The Balaban J connectivity index is 1.74. The molecule has 0 aliphatic carbocycles. The number of carbonyl (C=O) groups is 1. The number of hydrogen-bond acceptors (Lipinski definition) is 5. The first-order valence-electron chi connectivity index (χ1n) is 9.64. The van der Waals surface area contributed by atoms with Crippen LogP contribution in [0.2, 0.25) is 0 Å². The van der Waals surface area contributed by atoms with Gasteiger partial charge in [0.25, 0.3) is 0 Å². The maximum atomic E-state index is 13.0. The lowest BCUT2D eigenvalue weighted by Crippen LogP contribution is -2.42. The molecule has 1 aromatic carbocycles. The summed E-state index contributed by atoms with van der Waals surface area (Å²) in [5.74, 6) is 0.497. The minimum Gasteiger partial charge on any atom is -0.338 e. The monoisotopic (exact) mass is 421 g/mol. The van der Waals surface area contributed by atoms with Gasteiger partial charge in [0, 0.05) is 19.1 Å². The predicted molar refractivity (Wildman–Crippen MR) is 114 cm³/mol. The molecule has 2 aromatic rings. The molecule has 0 radical (unpaired) electrons. The Morgan fingerprint density at radius 3 is 2.89 bits per heavy atom. The number of benzene rings is 1. The fourth-order valence-corrected chi connectivity index (χ4v) is 6.18. The zero-order valence-corrected chi connectivity index (χ0v) is 17.8. The molecular formula is C20H27N3O3S2. The molecule has 0 bridgehead atoms. The molecule has 1 aromatic heterocycles. The highest BCUT2D eigenvalue weighted by Crippen LogP contribution is 2.26. The number of nitrogens with zero attached hydrogens (tertiary/aromatic N) is 3. The average molecular weight is 422 g/mol. The number of amides is 1. The van der Waals surface area contributed by atoms with Crippen LogP contribution in [0.3, 0.4) is 0 Å². The van der Waals surface area contributed by atoms with Gasteiger partial charge in [0.05, 0.1) is 28.3 Å². The molecule has 28 heavy (non-hydrogen) atoms. The first-order valence-corrected chi connectivity index (χ1v) is 12.4. The molecule has 152 valence electrons. The van der Waals surface area contributed by atoms with Crippen molar-refractivity contribution in [3.8, 4) is 0 Å². The molecule has 1 aliphatic heterocycles. The van der Waals surface area contributed by atoms with Gasteiger partial charge in [-0.3, -0.25) is 4.79 Å².